The van der Waals surface area contributed by atoms with Crippen LogP contribution in [-0.2, 0) is 13.6 Å². The van der Waals surface area contributed by atoms with Gasteiger partial charge in [-0.05, 0) is 20.3 Å². The highest BCUT2D eigenvalue weighted by molar-refractivity contribution is 5.92. The molecular weight excluding hydrogens is 408 g/mol. The fraction of sp³-hybridized carbons (Fsp3) is 0.381. The molecule has 0 aromatic carbocycles. The average Bonchev–Trinajstić information content (AvgIpc) is 3.52. The number of carbonyl (C=O) groups excluding carboxylic acids is 1. The molecule has 4 aromatic heterocycles. The van der Waals surface area contributed by atoms with Crippen LogP contribution >= 0.6 is 0 Å². The predicted molar refractivity (Wildman–Crippen MR) is 118 cm³/mol. The van der Waals surface area contributed by atoms with Gasteiger partial charge in [0.25, 0.3) is 5.91 Å². The Balaban J connectivity index is 1.41. The standard InChI is InChI=1S/C21H24N10O/c1-4-31-19(14-7-23-13(2)24-8-14)28-17-18(25-11-26-20(17)31)27-15-5-6-30(10-15)21(32)16-9-22-12-29(16)3/h7-9,11-12,15H,4-6,10H2,1-3H3,(H,25,26,27)/t15-/m0/s1. The Morgan fingerprint density at radius 3 is 2.72 bits per heavy atom. The van der Waals surface area contributed by atoms with E-state index >= 15 is 0 Å². The van der Waals surface area contributed by atoms with Gasteiger partial charge in [-0.2, -0.15) is 0 Å². The Hall–Kier alpha value is -3.89. The number of nitrogens with one attached hydrogen (secondary N) is 1. The molecular formula is C21H24N10O. The first-order valence-electron chi connectivity index (χ1n) is 10.6. The van der Waals surface area contributed by atoms with Crippen LogP contribution in [0.1, 0.15) is 29.7 Å². The SMILES string of the molecule is CCn1c(-c2cnc(C)nc2)nc2c(N[C@H]3CCN(C(=O)c4cncn4C)C3)ncnc21. The first-order valence-corrected chi connectivity index (χ1v) is 10.6. The topological polar surface area (TPSA) is 120 Å². The number of fused-ring (bicyclic) bond motifs is 1. The fourth-order valence-corrected chi connectivity index (χ4v) is 4.05. The van der Waals surface area contributed by atoms with Crippen LogP contribution in [0.25, 0.3) is 22.6 Å². The van der Waals surface area contributed by atoms with Crippen LogP contribution in [0.2, 0.25) is 0 Å². The van der Waals surface area contributed by atoms with Gasteiger partial charge >= 0.3 is 0 Å². The van der Waals surface area contributed by atoms with Crippen LogP contribution in [0, 0.1) is 6.92 Å². The molecule has 0 spiro atoms. The monoisotopic (exact) mass is 432 g/mol. The van der Waals surface area contributed by atoms with Gasteiger partial charge in [0.1, 0.15) is 23.7 Å². The lowest BCUT2D eigenvalue weighted by molar-refractivity contribution is 0.0782. The number of aryl methyl sites for hydroxylation is 3. The molecule has 1 atom stereocenters. The van der Waals surface area contributed by atoms with E-state index in [-0.39, 0.29) is 11.9 Å². The summed E-state index contributed by atoms with van der Waals surface area (Å²) in [7, 11) is 1.82. The van der Waals surface area contributed by atoms with E-state index in [9.17, 15) is 4.79 Å². The van der Waals surface area contributed by atoms with Crippen LogP contribution < -0.4 is 5.32 Å². The lowest BCUT2D eigenvalue weighted by Gasteiger charge is -2.17. The van der Waals surface area contributed by atoms with Gasteiger partial charge in [0.2, 0.25) is 0 Å². The van der Waals surface area contributed by atoms with Crippen molar-refractivity contribution in [2.45, 2.75) is 32.9 Å². The molecule has 0 radical (unpaired) electrons. The van der Waals surface area contributed by atoms with E-state index in [1.165, 1.54) is 0 Å². The van der Waals surface area contributed by atoms with E-state index in [1.807, 2.05) is 30.4 Å². The second-order valence-corrected chi connectivity index (χ2v) is 7.86. The highest BCUT2D eigenvalue weighted by atomic mass is 16.2. The summed E-state index contributed by atoms with van der Waals surface area (Å²) in [6.45, 7) is 5.86. The molecule has 11 heteroatoms. The smallest absolute Gasteiger partial charge is 0.272 e. The summed E-state index contributed by atoms with van der Waals surface area (Å²) in [6.07, 6.45) is 9.15. The average molecular weight is 432 g/mol. The number of carbonyl (C=O) groups is 1. The molecule has 5 heterocycles. The minimum Gasteiger partial charge on any atom is -0.364 e. The summed E-state index contributed by atoms with van der Waals surface area (Å²) in [5, 5.41) is 3.48. The zero-order valence-electron chi connectivity index (χ0n) is 18.2. The van der Waals surface area contributed by atoms with Gasteiger partial charge in [-0.25, -0.2) is 29.9 Å². The minimum absolute atomic E-state index is 0.0148. The zero-order valence-corrected chi connectivity index (χ0v) is 18.2. The van der Waals surface area contributed by atoms with Gasteiger partial charge in [0, 0.05) is 45.1 Å². The van der Waals surface area contributed by atoms with Crippen LogP contribution in [0.5, 0.6) is 0 Å². The summed E-state index contributed by atoms with van der Waals surface area (Å²) >= 11 is 0. The van der Waals surface area contributed by atoms with E-state index in [4.69, 9.17) is 4.98 Å². The molecule has 0 aliphatic carbocycles. The van der Waals surface area contributed by atoms with Gasteiger partial charge in [-0.15, -0.1) is 0 Å². The number of hydrogen-bond acceptors (Lipinski definition) is 8. The van der Waals surface area contributed by atoms with Crippen molar-refractivity contribution in [3.63, 3.8) is 0 Å². The molecule has 0 bridgehead atoms. The number of imidazole rings is 2. The maximum absolute atomic E-state index is 12.8. The molecule has 11 nitrogen and oxygen atoms in total. The number of nitrogens with zero attached hydrogens (tertiary/aromatic N) is 9. The highest BCUT2D eigenvalue weighted by Crippen LogP contribution is 2.27. The molecule has 1 amide bonds. The second kappa shape index (κ2) is 7.98. The Bertz CT molecular complexity index is 1280. The third-order valence-electron chi connectivity index (χ3n) is 5.74. The van der Waals surface area contributed by atoms with Crippen molar-refractivity contribution >= 4 is 22.9 Å². The molecule has 5 rings (SSSR count). The number of amides is 1. The molecule has 4 aromatic rings. The Kier molecular flexibility index (Phi) is 5.00. The van der Waals surface area contributed by atoms with Crippen molar-refractivity contribution in [3.05, 3.63) is 42.8 Å². The number of likely N-dealkylation sites (tertiary alicyclic amines) is 1. The van der Waals surface area contributed by atoms with Crippen molar-refractivity contribution in [3.8, 4) is 11.4 Å². The van der Waals surface area contributed by atoms with Gasteiger partial charge in [0.15, 0.2) is 17.0 Å². The van der Waals surface area contributed by atoms with Crippen molar-refractivity contribution in [1.82, 2.24) is 43.9 Å². The van der Waals surface area contributed by atoms with E-state index < -0.39 is 0 Å². The third-order valence-corrected chi connectivity index (χ3v) is 5.74. The van der Waals surface area contributed by atoms with E-state index in [0.717, 1.165) is 23.5 Å². The van der Waals surface area contributed by atoms with Crippen LogP contribution in [0.15, 0.2) is 31.2 Å². The normalized spacial score (nSPS) is 16.1. The number of hydrogen-bond donors (Lipinski definition) is 1. The molecule has 1 N–H and O–H groups in total. The summed E-state index contributed by atoms with van der Waals surface area (Å²) in [6, 6.07) is 0.0724. The largest absolute Gasteiger partial charge is 0.364 e. The van der Waals surface area contributed by atoms with Crippen molar-refractivity contribution in [1.29, 1.82) is 0 Å². The summed E-state index contributed by atoms with van der Waals surface area (Å²) in [5.41, 5.74) is 2.86. The first-order chi connectivity index (χ1) is 15.5. The van der Waals surface area contributed by atoms with Crippen LogP contribution in [-0.4, -0.2) is 69.0 Å². The van der Waals surface area contributed by atoms with Gasteiger partial charge in [-0.3, -0.25) is 4.79 Å². The number of aromatic nitrogens is 8. The first kappa shape index (κ1) is 20.0. The Morgan fingerprint density at radius 1 is 1.19 bits per heavy atom. The van der Waals surface area contributed by atoms with E-state index in [1.54, 1.807) is 35.8 Å². The second-order valence-electron chi connectivity index (χ2n) is 7.86. The number of rotatable bonds is 5. The molecule has 0 saturated carbocycles. The van der Waals surface area contributed by atoms with Gasteiger partial charge in [-0.1, -0.05) is 0 Å². The minimum atomic E-state index is -0.0148. The third kappa shape index (κ3) is 3.45. The molecule has 32 heavy (non-hydrogen) atoms. The summed E-state index contributed by atoms with van der Waals surface area (Å²) < 4.78 is 3.77. The summed E-state index contributed by atoms with van der Waals surface area (Å²) in [4.78, 5) is 41.0. The molecule has 1 aliphatic heterocycles. The molecule has 0 unspecified atom stereocenters. The van der Waals surface area contributed by atoms with Gasteiger partial charge in [0.05, 0.1) is 18.1 Å². The Labute approximate surface area is 184 Å². The van der Waals surface area contributed by atoms with E-state index in [2.05, 4.69) is 30.2 Å². The maximum Gasteiger partial charge on any atom is 0.272 e. The molecule has 1 saturated heterocycles. The molecule has 164 valence electrons. The van der Waals surface area contributed by atoms with Crippen molar-refractivity contribution in [2.24, 2.45) is 7.05 Å². The highest BCUT2D eigenvalue weighted by Gasteiger charge is 2.29. The van der Waals surface area contributed by atoms with Gasteiger partial charge < -0.3 is 19.4 Å². The number of anilines is 1. The Morgan fingerprint density at radius 2 is 2.00 bits per heavy atom. The van der Waals surface area contributed by atoms with Crippen LogP contribution in [0.3, 0.4) is 0 Å². The molecule has 1 aliphatic rings. The van der Waals surface area contributed by atoms with E-state index in [0.29, 0.717) is 42.5 Å². The quantitative estimate of drug-likeness (QED) is 0.506. The lowest BCUT2D eigenvalue weighted by atomic mass is 10.2. The van der Waals surface area contributed by atoms with Crippen LogP contribution in [0.4, 0.5) is 5.82 Å². The summed E-state index contributed by atoms with van der Waals surface area (Å²) in [5.74, 6) is 2.11. The van der Waals surface area contributed by atoms with Crippen molar-refractivity contribution < 1.29 is 4.79 Å². The molecule has 1 fully saturated rings. The lowest BCUT2D eigenvalue weighted by Crippen LogP contribution is -2.32. The van der Waals surface area contributed by atoms with Crippen molar-refractivity contribution in [2.75, 3.05) is 18.4 Å². The predicted octanol–water partition coefficient (Wildman–Crippen LogP) is 1.67. The maximum atomic E-state index is 12.8. The zero-order chi connectivity index (χ0) is 22.2. The fourth-order valence-electron chi connectivity index (χ4n) is 4.05.